The van der Waals surface area contributed by atoms with Gasteiger partial charge < -0.3 is 5.11 Å². The lowest BCUT2D eigenvalue weighted by Gasteiger charge is -2.21. The monoisotopic (exact) mass is 229 g/mol. The van der Waals surface area contributed by atoms with E-state index >= 15 is 0 Å². The van der Waals surface area contributed by atoms with Crippen LogP contribution in [0.15, 0.2) is 40.6 Å². The fourth-order valence-corrected chi connectivity index (χ4v) is 1.74. The van der Waals surface area contributed by atoms with Crippen molar-refractivity contribution in [3.05, 3.63) is 35.6 Å². The Kier molecular flexibility index (Phi) is 3.06. The van der Waals surface area contributed by atoms with E-state index in [1.165, 1.54) is 4.90 Å². The number of carbonyl (C=O) groups is 1. The summed E-state index contributed by atoms with van der Waals surface area (Å²) in [5.41, 5.74) is 2.56. The van der Waals surface area contributed by atoms with Crippen molar-refractivity contribution >= 4 is 11.8 Å². The van der Waals surface area contributed by atoms with Crippen LogP contribution in [0.5, 0.6) is 0 Å². The SMILES string of the molecule is N#CC1=NCC(=C2C=CN(C(=O)O)CC2)C=C1. The van der Waals surface area contributed by atoms with Crippen LogP contribution in [0.1, 0.15) is 6.42 Å². The smallest absolute Gasteiger partial charge is 0.411 e. The Morgan fingerprint density at radius 1 is 1.41 bits per heavy atom. The van der Waals surface area contributed by atoms with Gasteiger partial charge in [0, 0.05) is 12.7 Å². The Labute approximate surface area is 98.7 Å². The Morgan fingerprint density at radius 2 is 2.24 bits per heavy atom. The average molecular weight is 229 g/mol. The third-order valence-electron chi connectivity index (χ3n) is 2.71. The zero-order chi connectivity index (χ0) is 12.3. The molecule has 0 aliphatic carbocycles. The van der Waals surface area contributed by atoms with Gasteiger partial charge in [-0.05, 0) is 29.7 Å². The van der Waals surface area contributed by atoms with Crippen LogP contribution in [0, 0.1) is 11.3 Å². The van der Waals surface area contributed by atoms with Crippen LogP contribution in [0.3, 0.4) is 0 Å². The number of nitrogens with zero attached hydrogens (tertiary/aromatic N) is 3. The lowest BCUT2D eigenvalue weighted by Crippen LogP contribution is -2.27. The van der Waals surface area contributed by atoms with E-state index in [9.17, 15) is 4.79 Å². The molecule has 0 spiro atoms. The summed E-state index contributed by atoms with van der Waals surface area (Å²) < 4.78 is 0. The van der Waals surface area contributed by atoms with Gasteiger partial charge in [0.15, 0.2) is 0 Å². The molecule has 5 heteroatoms. The molecule has 1 amide bonds. The van der Waals surface area contributed by atoms with E-state index in [-0.39, 0.29) is 0 Å². The maximum Gasteiger partial charge on any atom is 0.411 e. The number of hydrogen-bond acceptors (Lipinski definition) is 3. The normalized spacial score (nSPS) is 23.2. The van der Waals surface area contributed by atoms with Gasteiger partial charge in [0.2, 0.25) is 0 Å². The van der Waals surface area contributed by atoms with Crippen molar-refractivity contribution < 1.29 is 9.90 Å². The van der Waals surface area contributed by atoms with Gasteiger partial charge in [-0.2, -0.15) is 5.26 Å². The second-order valence-electron chi connectivity index (χ2n) is 3.74. The average Bonchev–Trinajstić information content (AvgIpc) is 2.39. The van der Waals surface area contributed by atoms with E-state index in [2.05, 4.69) is 4.99 Å². The highest BCUT2D eigenvalue weighted by Gasteiger charge is 2.15. The molecule has 0 aromatic heterocycles. The summed E-state index contributed by atoms with van der Waals surface area (Å²) in [6.07, 6.45) is 6.66. The predicted octanol–water partition coefficient (Wildman–Crippen LogP) is 1.71. The fraction of sp³-hybridized carbons (Fsp3) is 0.250. The van der Waals surface area contributed by atoms with Gasteiger partial charge in [-0.25, -0.2) is 4.79 Å². The van der Waals surface area contributed by atoms with E-state index in [1.807, 2.05) is 12.1 Å². The molecule has 2 aliphatic heterocycles. The molecule has 86 valence electrons. The van der Waals surface area contributed by atoms with Gasteiger partial charge in [0.25, 0.3) is 0 Å². The quantitative estimate of drug-likeness (QED) is 0.687. The number of dihydropyridines is 1. The molecular formula is C12H11N3O2. The van der Waals surface area contributed by atoms with Crippen LogP contribution in [0.25, 0.3) is 0 Å². The maximum atomic E-state index is 10.7. The number of amides is 1. The molecule has 0 aromatic rings. The van der Waals surface area contributed by atoms with Crippen molar-refractivity contribution in [1.82, 2.24) is 4.90 Å². The summed E-state index contributed by atoms with van der Waals surface area (Å²) in [6, 6.07) is 1.99. The molecule has 2 rings (SSSR count). The Bertz CT molecular complexity index is 506. The van der Waals surface area contributed by atoms with Gasteiger partial charge in [-0.3, -0.25) is 9.89 Å². The second kappa shape index (κ2) is 4.66. The molecule has 0 bridgehead atoms. The van der Waals surface area contributed by atoms with E-state index in [0.717, 1.165) is 11.1 Å². The second-order valence-corrected chi connectivity index (χ2v) is 3.74. The van der Waals surface area contributed by atoms with Crippen LogP contribution in [-0.4, -0.2) is 34.9 Å². The lowest BCUT2D eigenvalue weighted by molar-refractivity contribution is 0.162. The van der Waals surface area contributed by atoms with Crippen molar-refractivity contribution in [2.24, 2.45) is 4.99 Å². The Balaban J connectivity index is 2.14. The molecule has 1 N–H and O–H groups in total. The van der Waals surface area contributed by atoms with Crippen molar-refractivity contribution in [1.29, 1.82) is 5.26 Å². The molecule has 2 heterocycles. The maximum absolute atomic E-state index is 10.7. The molecule has 0 unspecified atom stereocenters. The van der Waals surface area contributed by atoms with Gasteiger partial charge in [0.05, 0.1) is 6.54 Å². The molecular weight excluding hydrogens is 218 g/mol. The molecule has 5 nitrogen and oxygen atoms in total. The molecule has 0 atom stereocenters. The summed E-state index contributed by atoms with van der Waals surface area (Å²) in [5, 5.41) is 17.4. The summed E-state index contributed by atoms with van der Waals surface area (Å²) in [6.45, 7) is 0.958. The van der Waals surface area contributed by atoms with Crippen molar-refractivity contribution in [3.8, 4) is 6.07 Å². The van der Waals surface area contributed by atoms with Crippen molar-refractivity contribution in [2.75, 3.05) is 13.1 Å². The zero-order valence-electron chi connectivity index (χ0n) is 9.13. The number of allylic oxidation sites excluding steroid dienone is 2. The summed E-state index contributed by atoms with van der Waals surface area (Å²) in [5.74, 6) is 0. The topological polar surface area (TPSA) is 76.7 Å². The molecule has 0 saturated carbocycles. The number of aliphatic imine (C=N–C) groups is 1. The molecule has 0 saturated heterocycles. The van der Waals surface area contributed by atoms with Gasteiger partial charge in [0.1, 0.15) is 11.8 Å². The number of rotatable bonds is 0. The Morgan fingerprint density at radius 3 is 2.71 bits per heavy atom. The molecule has 0 fully saturated rings. The first-order valence-corrected chi connectivity index (χ1v) is 5.23. The first-order chi connectivity index (χ1) is 8.20. The van der Waals surface area contributed by atoms with Gasteiger partial charge in [-0.1, -0.05) is 6.08 Å². The first kappa shape index (κ1) is 11.1. The third kappa shape index (κ3) is 2.42. The van der Waals surface area contributed by atoms with Gasteiger partial charge in [-0.15, -0.1) is 0 Å². The van der Waals surface area contributed by atoms with Crippen LogP contribution >= 0.6 is 0 Å². The third-order valence-corrected chi connectivity index (χ3v) is 2.71. The summed E-state index contributed by atoms with van der Waals surface area (Å²) >= 11 is 0. The predicted molar refractivity (Wildman–Crippen MR) is 62.6 cm³/mol. The fourth-order valence-electron chi connectivity index (χ4n) is 1.74. The standard InChI is InChI=1S/C12H11N3O2/c13-7-11-2-1-10(8-14-11)9-3-5-15(6-4-9)12(16)17/h1-3,5H,4,6,8H2,(H,16,17). The number of nitriles is 1. The largest absolute Gasteiger partial charge is 0.465 e. The van der Waals surface area contributed by atoms with Crippen LogP contribution in [-0.2, 0) is 0 Å². The number of hydrogen-bond donors (Lipinski definition) is 1. The molecule has 0 radical (unpaired) electrons. The van der Waals surface area contributed by atoms with Crippen molar-refractivity contribution in [3.63, 3.8) is 0 Å². The van der Waals surface area contributed by atoms with E-state index in [1.54, 1.807) is 18.4 Å². The van der Waals surface area contributed by atoms with Crippen LogP contribution in [0.2, 0.25) is 0 Å². The van der Waals surface area contributed by atoms with Crippen LogP contribution < -0.4 is 0 Å². The molecule has 0 aromatic carbocycles. The van der Waals surface area contributed by atoms with E-state index in [0.29, 0.717) is 25.2 Å². The Hall–Kier alpha value is -2.35. The summed E-state index contributed by atoms with van der Waals surface area (Å²) in [4.78, 5) is 16.1. The molecule has 2 aliphatic rings. The van der Waals surface area contributed by atoms with E-state index in [4.69, 9.17) is 10.4 Å². The minimum Gasteiger partial charge on any atom is -0.465 e. The van der Waals surface area contributed by atoms with E-state index < -0.39 is 6.09 Å². The lowest BCUT2D eigenvalue weighted by atomic mass is 10.0. The highest BCUT2D eigenvalue weighted by atomic mass is 16.4. The first-order valence-electron chi connectivity index (χ1n) is 5.23. The zero-order valence-corrected chi connectivity index (χ0v) is 9.13. The van der Waals surface area contributed by atoms with Crippen LogP contribution in [0.4, 0.5) is 4.79 Å². The number of carboxylic acid groups (broad SMARTS) is 1. The highest BCUT2D eigenvalue weighted by molar-refractivity contribution is 6.08. The van der Waals surface area contributed by atoms with Crippen molar-refractivity contribution in [2.45, 2.75) is 6.42 Å². The highest BCUT2D eigenvalue weighted by Crippen LogP contribution is 2.20. The summed E-state index contributed by atoms with van der Waals surface area (Å²) in [7, 11) is 0. The minimum atomic E-state index is -0.936. The molecule has 17 heavy (non-hydrogen) atoms. The minimum absolute atomic E-state index is 0.432. The van der Waals surface area contributed by atoms with Gasteiger partial charge >= 0.3 is 6.09 Å².